The number of hydrogen-bond donors (Lipinski definition) is 1. The Morgan fingerprint density at radius 1 is 1.11 bits per heavy atom. The van der Waals surface area contributed by atoms with Gasteiger partial charge in [-0.25, -0.2) is 9.89 Å². The molecule has 0 spiro atoms. The highest BCUT2D eigenvalue weighted by Crippen LogP contribution is 2.20. The quantitative estimate of drug-likeness (QED) is 0.790. The lowest BCUT2D eigenvalue weighted by Gasteiger charge is -2.37. The molecule has 0 aromatic carbocycles. The molecule has 27 heavy (non-hydrogen) atoms. The number of piperazine rings is 1. The minimum absolute atomic E-state index is 0.0808. The van der Waals surface area contributed by atoms with Gasteiger partial charge < -0.3 is 9.80 Å². The monoisotopic (exact) mass is 370 g/mol. The Bertz CT molecular complexity index is 908. The molecule has 1 atom stereocenters. The molecule has 2 aromatic heterocycles. The first-order valence-electron chi connectivity index (χ1n) is 9.18. The Morgan fingerprint density at radius 3 is 2.56 bits per heavy atom. The fraction of sp³-hybridized carbons (Fsp3) is 0.500. The van der Waals surface area contributed by atoms with Crippen molar-refractivity contribution in [1.29, 1.82) is 0 Å². The van der Waals surface area contributed by atoms with E-state index in [1.54, 1.807) is 21.7 Å². The zero-order valence-electron chi connectivity index (χ0n) is 15.2. The van der Waals surface area contributed by atoms with E-state index in [1.807, 2.05) is 17.9 Å². The number of nitrogens with zero attached hydrogens (tertiary/aromatic N) is 5. The molecule has 4 heterocycles. The molecule has 142 valence electrons. The molecular formula is C18H22N6O3. The highest BCUT2D eigenvalue weighted by Gasteiger charge is 2.32. The van der Waals surface area contributed by atoms with E-state index in [2.05, 4.69) is 15.2 Å². The number of aryl methyl sites for hydroxylation is 1. The molecule has 1 unspecified atom stereocenters. The second-order valence-electron chi connectivity index (χ2n) is 7.12. The van der Waals surface area contributed by atoms with Crippen LogP contribution in [-0.2, 0) is 17.8 Å². The van der Waals surface area contributed by atoms with Crippen LogP contribution in [0, 0.1) is 12.8 Å². The first-order chi connectivity index (χ1) is 13.0. The third-order valence-electron chi connectivity index (χ3n) is 5.33. The summed E-state index contributed by atoms with van der Waals surface area (Å²) < 4.78 is 1.59. The summed E-state index contributed by atoms with van der Waals surface area (Å²) in [6.07, 6.45) is 2.80. The Kier molecular flexibility index (Phi) is 4.51. The van der Waals surface area contributed by atoms with Gasteiger partial charge in [0.1, 0.15) is 11.5 Å². The normalized spacial score (nSPS) is 19.7. The van der Waals surface area contributed by atoms with Crippen molar-refractivity contribution in [1.82, 2.24) is 29.5 Å². The van der Waals surface area contributed by atoms with E-state index in [9.17, 15) is 14.4 Å². The number of H-pyrrole nitrogens is 1. The SMILES string of the molecule is Cc1ccc(C(=O)N2CCN(C(=O)C3CCn4c(n[nH]c4=O)C3)CC2)nc1. The zero-order chi connectivity index (χ0) is 19.0. The Hall–Kier alpha value is -2.97. The summed E-state index contributed by atoms with van der Waals surface area (Å²) in [5, 5.41) is 6.44. The van der Waals surface area contributed by atoms with Crippen molar-refractivity contribution in [3.63, 3.8) is 0 Å². The molecule has 1 saturated heterocycles. The van der Waals surface area contributed by atoms with Gasteiger partial charge in [-0.15, -0.1) is 0 Å². The first-order valence-corrected chi connectivity index (χ1v) is 9.18. The van der Waals surface area contributed by atoms with Crippen molar-refractivity contribution in [3.8, 4) is 0 Å². The molecule has 2 aromatic rings. The van der Waals surface area contributed by atoms with Gasteiger partial charge in [-0.1, -0.05) is 6.07 Å². The topological polar surface area (TPSA) is 104 Å². The largest absolute Gasteiger partial charge is 0.343 e. The van der Waals surface area contributed by atoms with Gasteiger partial charge in [-0.05, 0) is 25.0 Å². The van der Waals surface area contributed by atoms with E-state index >= 15 is 0 Å². The number of aromatic amines is 1. The molecule has 0 radical (unpaired) electrons. The summed E-state index contributed by atoms with van der Waals surface area (Å²) in [5.41, 5.74) is 1.23. The number of hydrogen-bond acceptors (Lipinski definition) is 5. The second-order valence-corrected chi connectivity index (χ2v) is 7.12. The number of carbonyl (C=O) groups is 2. The molecule has 2 amide bonds. The summed E-state index contributed by atoms with van der Waals surface area (Å²) in [7, 11) is 0. The lowest BCUT2D eigenvalue weighted by Crippen LogP contribution is -2.52. The molecule has 9 heteroatoms. The number of pyridine rings is 1. The molecule has 0 bridgehead atoms. The molecular weight excluding hydrogens is 348 g/mol. The van der Waals surface area contributed by atoms with Crippen molar-refractivity contribution >= 4 is 11.8 Å². The van der Waals surface area contributed by atoms with Gasteiger partial charge in [0, 0.05) is 51.3 Å². The van der Waals surface area contributed by atoms with Crippen LogP contribution in [0.3, 0.4) is 0 Å². The van der Waals surface area contributed by atoms with E-state index in [4.69, 9.17) is 0 Å². The Balaban J connectivity index is 1.35. The van der Waals surface area contributed by atoms with Gasteiger partial charge in [0.25, 0.3) is 5.91 Å². The number of amides is 2. The van der Waals surface area contributed by atoms with Gasteiger partial charge in [0.05, 0.1) is 0 Å². The van der Waals surface area contributed by atoms with Crippen LogP contribution >= 0.6 is 0 Å². The minimum atomic E-state index is -0.215. The number of rotatable bonds is 2. The molecule has 1 fully saturated rings. The molecule has 0 saturated carbocycles. The number of nitrogens with one attached hydrogen (secondary N) is 1. The number of aromatic nitrogens is 4. The fourth-order valence-corrected chi connectivity index (χ4v) is 3.70. The van der Waals surface area contributed by atoms with Gasteiger partial charge in [0.15, 0.2) is 0 Å². The summed E-state index contributed by atoms with van der Waals surface area (Å²) in [6, 6.07) is 3.61. The highest BCUT2D eigenvalue weighted by atomic mass is 16.2. The van der Waals surface area contributed by atoms with E-state index in [1.165, 1.54) is 0 Å². The van der Waals surface area contributed by atoms with Crippen LogP contribution in [0.2, 0.25) is 0 Å². The molecule has 0 aliphatic carbocycles. The predicted octanol–water partition coefficient (Wildman–Crippen LogP) is -0.178. The van der Waals surface area contributed by atoms with Crippen LogP contribution in [0.15, 0.2) is 23.1 Å². The van der Waals surface area contributed by atoms with E-state index in [0.29, 0.717) is 57.1 Å². The van der Waals surface area contributed by atoms with Crippen molar-refractivity contribution in [2.24, 2.45) is 5.92 Å². The Labute approximate surface area is 156 Å². The second kappa shape index (κ2) is 6.98. The summed E-state index contributed by atoms with van der Waals surface area (Å²) in [5.74, 6) is 0.468. The van der Waals surface area contributed by atoms with Gasteiger partial charge in [-0.2, -0.15) is 5.10 Å². The highest BCUT2D eigenvalue weighted by molar-refractivity contribution is 5.92. The standard InChI is InChI=1S/C18H22N6O3/c1-12-2-3-14(19-11-12)17(26)23-8-6-22(7-9-23)16(25)13-4-5-24-15(10-13)20-21-18(24)27/h2-3,11,13H,4-10H2,1H3,(H,21,27). The average Bonchev–Trinajstić information content (AvgIpc) is 3.08. The predicted molar refractivity (Wildman–Crippen MR) is 96.1 cm³/mol. The third kappa shape index (κ3) is 3.36. The van der Waals surface area contributed by atoms with Crippen LogP contribution in [0.1, 0.15) is 28.3 Å². The van der Waals surface area contributed by atoms with Crippen molar-refractivity contribution in [2.45, 2.75) is 26.3 Å². The van der Waals surface area contributed by atoms with Crippen LogP contribution in [0.5, 0.6) is 0 Å². The van der Waals surface area contributed by atoms with Gasteiger partial charge in [0.2, 0.25) is 5.91 Å². The van der Waals surface area contributed by atoms with Gasteiger partial charge >= 0.3 is 5.69 Å². The maximum Gasteiger partial charge on any atom is 0.343 e. The van der Waals surface area contributed by atoms with Crippen molar-refractivity contribution in [2.75, 3.05) is 26.2 Å². The molecule has 4 rings (SSSR count). The lowest BCUT2D eigenvalue weighted by molar-refractivity contribution is -0.137. The van der Waals surface area contributed by atoms with Crippen LogP contribution in [-0.4, -0.2) is 67.5 Å². The number of fused-ring (bicyclic) bond motifs is 1. The minimum Gasteiger partial charge on any atom is -0.339 e. The maximum atomic E-state index is 12.8. The van der Waals surface area contributed by atoms with Crippen molar-refractivity contribution < 1.29 is 9.59 Å². The van der Waals surface area contributed by atoms with Crippen molar-refractivity contribution in [3.05, 3.63) is 45.9 Å². The van der Waals surface area contributed by atoms with Crippen LogP contribution in [0.25, 0.3) is 0 Å². The number of carbonyl (C=O) groups excluding carboxylic acids is 2. The van der Waals surface area contributed by atoms with E-state index in [0.717, 1.165) is 5.56 Å². The molecule has 1 N–H and O–H groups in total. The first kappa shape index (κ1) is 17.4. The zero-order valence-corrected chi connectivity index (χ0v) is 15.2. The maximum absolute atomic E-state index is 12.8. The van der Waals surface area contributed by atoms with E-state index in [-0.39, 0.29) is 23.4 Å². The molecule has 2 aliphatic heterocycles. The molecule has 9 nitrogen and oxygen atoms in total. The van der Waals surface area contributed by atoms with Gasteiger partial charge in [-0.3, -0.25) is 19.1 Å². The smallest absolute Gasteiger partial charge is 0.339 e. The lowest BCUT2D eigenvalue weighted by atomic mass is 9.96. The van der Waals surface area contributed by atoms with Crippen LogP contribution < -0.4 is 5.69 Å². The Morgan fingerprint density at radius 2 is 1.85 bits per heavy atom. The summed E-state index contributed by atoms with van der Waals surface area (Å²) in [6.45, 7) is 4.47. The summed E-state index contributed by atoms with van der Waals surface area (Å²) in [4.78, 5) is 44.7. The molecule has 2 aliphatic rings. The fourth-order valence-electron chi connectivity index (χ4n) is 3.70. The average molecular weight is 370 g/mol. The summed E-state index contributed by atoms with van der Waals surface area (Å²) >= 11 is 0. The van der Waals surface area contributed by atoms with Crippen LogP contribution in [0.4, 0.5) is 0 Å². The van der Waals surface area contributed by atoms with E-state index < -0.39 is 0 Å². The third-order valence-corrected chi connectivity index (χ3v) is 5.33.